The van der Waals surface area contributed by atoms with Crippen LogP contribution in [0.5, 0.6) is 0 Å². The summed E-state index contributed by atoms with van der Waals surface area (Å²) in [6, 6.07) is 89.8. The van der Waals surface area contributed by atoms with Crippen LogP contribution in [0.2, 0.25) is 0 Å². The highest BCUT2D eigenvalue weighted by Gasteiger charge is 2.46. The quantitative estimate of drug-likeness (QED) is 0.157. The summed E-state index contributed by atoms with van der Waals surface area (Å²) in [6.07, 6.45) is 0. The van der Waals surface area contributed by atoms with Crippen molar-refractivity contribution < 1.29 is 0 Å². The first-order chi connectivity index (χ1) is 34.2. The molecule has 0 atom stereocenters. The maximum atomic E-state index is 5.58. The van der Waals surface area contributed by atoms with Crippen LogP contribution in [0.1, 0.15) is 22.3 Å². The van der Waals surface area contributed by atoms with E-state index in [4.69, 9.17) is 4.98 Å². The number of benzene rings is 11. The Morgan fingerprint density at radius 3 is 1.71 bits per heavy atom. The molecule has 0 radical (unpaired) electrons. The molecule has 0 spiro atoms. The Bertz CT molecular complexity index is 4350. The molecule has 69 heavy (non-hydrogen) atoms. The predicted molar refractivity (Wildman–Crippen MR) is 292 cm³/mol. The van der Waals surface area contributed by atoms with Crippen LogP contribution in [0.25, 0.3) is 114 Å². The second-order valence-electron chi connectivity index (χ2n) is 18.6. The molecule has 0 saturated carbocycles. The zero-order valence-corrected chi connectivity index (χ0v) is 38.2. The van der Waals surface area contributed by atoms with E-state index in [2.05, 4.69) is 247 Å². The number of hydrogen-bond donors (Lipinski definition) is 0. The third-order valence-electron chi connectivity index (χ3n) is 15.0. The number of thiophene rings is 1. The Labute approximate surface area is 402 Å². The maximum absolute atomic E-state index is 5.58. The summed E-state index contributed by atoms with van der Waals surface area (Å²) in [4.78, 5) is 5.58. The van der Waals surface area contributed by atoms with Crippen molar-refractivity contribution in [2.45, 2.75) is 5.41 Å². The number of fused-ring (bicyclic) bond motifs is 15. The monoisotopic (exact) mass is 892 g/mol. The summed E-state index contributed by atoms with van der Waals surface area (Å²) in [6.45, 7) is 0. The van der Waals surface area contributed by atoms with Crippen molar-refractivity contribution in [2.24, 2.45) is 0 Å². The van der Waals surface area contributed by atoms with Crippen LogP contribution in [0.4, 0.5) is 0 Å². The van der Waals surface area contributed by atoms with E-state index in [1.165, 1.54) is 108 Å². The molecule has 0 aliphatic heterocycles. The molecular formula is C66H40N2S. The normalized spacial score (nSPS) is 13.0. The molecule has 2 nitrogen and oxygen atoms in total. The van der Waals surface area contributed by atoms with Gasteiger partial charge in [0.05, 0.1) is 26.8 Å². The van der Waals surface area contributed by atoms with Gasteiger partial charge in [0.15, 0.2) is 5.65 Å². The van der Waals surface area contributed by atoms with Crippen LogP contribution >= 0.6 is 11.3 Å². The highest BCUT2D eigenvalue weighted by Crippen LogP contribution is 2.58. The average molecular weight is 893 g/mol. The van der Waals surface area contributed by atoms with Crippen LogP contribution in [0, 0.1) is 0 Å². The van der Waals surface area contributed by atoms with Gasteiger partial charge in [-0.05, 0) is 112 Å². The maximum Gasteiger partial charge on any atom is 0.156 e. The standard InChI is InChI=1S/C66H40N2S/c1-3-17-49(18-4-1)66(50-19-5-2-6-20-50)57-24-12-11-22-54(57)61-51(23-13-25-58(61)66)44-30-26-41(27-31-44)42-28-32-45(33-29-42)60-40-56-53-36-34-43-14-9-10-21-52(43)63(53)69-64(56)65-67-62-55-39-47-16-8-7-15-46(47)38-48(55)35-37-59(62)68(60)65/h1-40H. The van der Waals surface area contributed by atoms with Crippen molar-refractivity contribution in [1.29, 1.82) is 0 Å². The van der Waals surface area contributed by atoms with E-state index in [-0.39, 0.29) is 0 Å². The fraction of sp³-hybridized carbons (Fsp3) is 0.0152. The molecule has 11 aromatic carbocycles. The lowest BCUT2D eigenvalue weighted by Crippen LogP contribution is -2.28. The summed E-state index contributed by atoms with van der Waals surface area (Å²) in [7, 11) is 0. The van der Waals surface area contributed by atoms with Gasteiger partial charge in [0.25, 0.3) is 0 Å². The third-order valence-corrected chi connectivity index (χ3v) is 16.3. The molecule has 1 aliphatic carbocycles. The molecule has 0 bridgehead atoms. The SMILES string of the molecule is c1ccc(C2(c3ccccc3)c3ccccc3-c3c(-c4ccc(-c5ccc(-c6cc7c8ccc9ccccc9c8sc7c7nc8c9cc%10ccccc%10cc9ccc8n67)cc5)cc4)cccc32)cc1. The summed E-state index contributed by atoms with van der Waals surface area (Å²) < 4.78 is 4.93. The Balaban J connectivity index is 0.864. The van der Waals surface area contributed by atoms with E-state index in [1.807, 2.05) is 11.3 Å². The summed E-state index contributed by atoms with van der Waals surface area (Å²) >= 11 is 1.86. The van der Waals surface area contributed by atoms with Gasteiger partial charge < -0.3 is 0 Å². The van der Waals surface area contributed by atoms with Gasteiger partial charge in [-0.3, -0.25) is 4.40 Å². The van der Waals surface area contributed by atoms with Crippen LogP contribution in [-0.2, 0) is 5.41 Å². The van der Waals surface area contributed by atoms with Crippen molar-refractivity contribution in [3.05, 3.63) is 265 Å². The fourth-order valence-electron chi connectivity index (χ4n) is 11.9. The molecule has 3 aromatic heterocycles. The van der Waals surface area contributed by atoms with Crippen molar-refractivity contribution >= 4 is 80.5 Å². The number of hydrogen-bond acceptors (Lipinski definition) is 2. The van der Waals surface area contributed by atoms with Crippen molar-refractivity contribution in [2.75, 3.05) is 0 Å². The number of pyridine rings is 1. The average Bonchev–Trinajstić information content (AvgIpc) is 4.10. The van der Waals surface area contributed by atoms with Crippen LogP contribution in [0.3, 0.4) is 0 Å². The number of imidazole rings is 1. The minimum atomic E-state index is -0.432. The number of aromatic nitrogens is 2. The van der Waals surface area contributed by atoms with Gasteiger partial charge >= 0.3 is 0 Å². The van der Waals surface area contributed by atoms with E-state index in [0.717, 1.165) is 27.9 Å². The minimum absolute atomic E-state index is 0.432. The van der Waals surface area contributed by atoms with Crippen LogP contribution < -0.4 is 0 Å². The smallest absolute Gasteiger partial charge is 0.156 e. The summed E-state index contributed by atoms with van der Waals surface area (Å²) in [5.74, 6) is 0. The molecule has 1 aliphatic rings. The number of rotatable bonds is 5. The van der Waals surface area contributed by atoms with Gasteiger partial charge in [0, 0.05) is 20.9 Å². The zero-order chi connectivity index (χ0) is 45.2. The molecule has 0 fully saturated rings. The summed E-state index contributed by atoms with van der Waals surface area (Å²) in [5, 5.41) is 9.91. The lowest BCUT2D eigenvalue weighted by molar-refractivity contribution is 0.768. The molecule has 0 N–H and O–H groups in total. The van der Waals surface area contributed by atoms with Gasteiger partial charge in [-0.25, -0.2) is 4.98 Å². The first-order valence-corrected chi connectivity index (χ1v) is 24.6. The lowest BCUT2D eigenvalue weighted by Gasteiger charge is -2.34. The molecule has 15 rings (SSSR count). The molecule has 0 unspecified atom stereocenters. The van der Waals surface area contributed by atoms with Crippen LogP contribution in [0.15, 0.2) is 243 Å². The topological polar surface area (TPSA) is 17.3 Å². The molecule has 0 saturated heterocycles. The van der Waals surface area contributed by atoms with E-state index >= 15 is 0 Å². The fourth-order valence-corrected chi connectivity index (χ4v) is 13.2. The largest absolute Gasteiger partial charge is 0.291 e. The second kappa shape index (κ2) is 14.7. The lowest BCUT2D eigenvalue weighted by atomic mass is 9.67. The van der Waals surface area contributed by atoms with Crippen molar-refractivity contribution in [3.63, 3.8) is 0 Å². The highest BCUT2D eigenvalue weighted by atomic mass is 32.1. The van der Waals surface area contributed by atoms with Gasteiger partial charge in [0.2, 0.25) is 0 Å². The first kappa shape index (κ1) is 38.5. The van der Waals surface area contributed by atoms with Gasteiger partial charge in [-0.1, -0.05) is 218 Å². The molecule has 14 aromatic rings. The van der Waals surface area contributed by atoms with Crippen molar-refractivity contribution in [1.82, 2.24) is 9.38 Å². The molecule has 320 valence electrons. The first-order valence-electron chi connectivity index (χ1n) is 23.8. The Hall–Kier alpha value is -8.63. The van der Waals surface area contributed by atoms with Crippen molar-refractivity contribution in [3.8, 4) is 44.6 Å². The van der Waals surface area contributed by atoms with E-state index in [9.17, 15) is 0 Å². The third kappa shape index (κ3) is 5.51. The molecular weight excluding hydrogens is 853 g/mol. The summed E-state index contributed by atoms with van der Waals surface area (Å²) in [5.41, 5.74) is 17.6. The molecule has 3 heterocycles. The Kier molecular flexibility index (Phi) is 8.19. The Morgan fingerprint density at radius 2 is 0.957 bits per heavy atom. The highest BCUT2D eigenvalue weighted by molar-refractivity contribution is 7.27. The van der Waals surface area contributed by atoms with Crippen LogP contribution in [-0.4, -0.2) is 9.38 Å². The van der Waals surface area contributed by atoms with E-state index in [0.29, 0.717) is 0 Å². The second-order valence-corrected chi connectivity index (χ2v) is 19.6. The Morgan fingerprint density at radius 1 is 0.362 bits per heavy atom. The van der Waals surface area contributed by atoms with E-state index < -0.39 is 5.41 Å². The minimum Gasteiger partial charge on any atom is -0.291 e. The number of nitrogens with zero attached hydrogens (tertiary/aromatic N) is 2. The molecule has 0 amide bonds. The molecule has 3 heteroatoms. The van der Waals surface area contributed by atoms with Gasteiger partial charge in [-0.15, -0.1) is 11.3 Å². The van der Waals surface area contributed by atoms with E-state index in [1.54, 1.807) is 0 Å². The van der Waals surface area contributed by atoms with Gasteiger partial charge in [0.1, 0.15) is 0 Å². The predicted octanol–water partition coefficient (Wildman–Crippen LogP) is 17.7. The van der Waals surface area contributed by atoms with Gasteiger partial charge in [-0.2, -0.15) is 0 Å². The zero-order valence-electron chi connectivity index (χ0n) is 37.4.